The van der Waals surface area contributed by atoms with Gasteiger partial charge in [-0.15, -0.1) is 0 Å². The highest BCUT2D eigenvalue weighted by atomic mass is 35.5. The Balaban J connectivity index is 2.44. The van der Waals surface area contributed by atoms with Crippen LogP contribution in [0.3, 0.4) is 0 Å². The molecule has 0 bridgehead atoms. The van der Waals surface area contributed by atoms with Crippen LogP contribution in [0.25, 0.3) is 0 Å². The molecule has 0 amide bonds. The fraction of sp³-hybridized carbons (Fsp3) is 0.0769. The SMILES string of the molecule is N#Cc1c(F)cccc1Nc1cc(C(F)(F)F)cc(Cl)n1. The Labute approximate surface area is 121 Å². The van der Waals surface area contributed by atoms with Gasteiger partial charge in [-0.3, -0.25) is 0 Å². The number of anilines is 2. The van der Waals surface area contributed by atoms with Crippen molar-refractivity contribution in [2.24, 2.45) is 0 Å². The van der Waals surface area contributed by atoms with Gasteiger partial charge in [0.05, 0.1) is 11.3 Å². The van der Waals surface area contributed by atoms with E-state index in [1.54, 1.807) is 6.07 Å². The van der Waals surface area contributed by atoms with Crippen molar-refractivity contribution in [3.05, 3.63) is 52.4 Å². The Hall–Kier alpha value is -2.33. The molecule has 0 radical (unpaired) electrons. The molecule has 1 aromatic carbocycles. The summed E-state index contributed by atoms with van der Waals surface area (Å²) in [4.78, 5) is 3.67. The summed E-state index contributed by atoms with van der Waals surface area (Å²) in [5, 5.41) is 10.9. The highest BCUT2D eigenvalue weighted by Crippen LogP contribution is 2.33. The van der Waals surface area contributed by atoms with E-state index in [1.165, 1.54) is 12.1 Å². The molecule has 0 aliphatic carbocycles. The molecule has 0 saturated carbocycles. The first kappa shape index (κ1) is 15.1. The molecule has 1 heterocycles. The van der Waals surface area contributed by atoms with Crippen molar-refractivity contribution >= 4 is 23.1 Å². The molecule has 2 rings (SSSR count). The maximum atomic E-state index is 13.4. The number of benzene rings is 1. The molecule has 0 atom stereocenters. The highest BCUT2D eigenvalue weighted by molar-refractivity contribution is 6.29. The predicted molar refractivity (Wildman–Crippen MR) is 68.6 cm³/mol. The van der Waals surface area contributed by atoms with Crippen molar-refractivity contribution in [2.45, 2.75) is 6.18 Å². The number of hydrogen-bond acceptors (Lipinski definition) is 3. The van der Waals surface area contributed by atoms with E-state index in [9.17, 15) is 17.6 Å². The lowest BCUT2D eigenvalue weighted by molar-refractivity contribution is -0.137. The van der Waals surface area contributed by atoms with Gasteiger partial charge >= 0.3 is 6.18 Å². The highest BCUT2D eigenvalue weighted by Gasteiger charge is 2.31. The zero-order valence-corrected chi connectivity index (χ0v) is 10.9. The molecule has 3 nitrogen and oxygen atoms in total. The Morgan fingerprint density at radius 2 is 1.95 bits per heavy atom. The molecule has 0 fully saturated rings. The average molecular weight is 316 g/mol. The first-order chi connectivity index (χ1) is 9.81. The first-order valence-corrected chi connectivity index (χ1v) is 5.89. The van der Waals surface area contributed by atoms with Gasteiger partial charge in [0.25, 0.3) is 0 Å². The van der Waals surface area contributed by atoms with E-state index in [-0.39, 0.29) is 22.2 Å². The van der Waals surface area contributed by atoms with Crippen LogP contribution in [0.5, 0.6) is 0 Å². The number of halogens is 5. The van der Waals surface area contributed by atoms with E-state index < -0.39 is 17.6 Å². The number of hydrogen-bond donors (Lipinski definition) is 1. The second-order valence-corrected chi connectivity index (χ2v) is 4.35. The molecule has 1 N–H and O–H groups in total. The quantitative estimate of drug-likeness (QED) is 0.655. The summed E-state index contributed by atoms with van der Waals surface area (Å²) in [5.41, 5.74) is -1.33. The van der Waals surface area contributed by atoms with Crippen LogP contribution in [0.4, 0.5) is 29.1 Å². The molecule has 0 unspecified atom stereocenters. The monoisotopic (exact) mass is 315 g/mol. The lowest BCUT2D eigenvalue weighted by Crippen LogP contribution is -2.07. The lowest BCUT2D eigenvalue weighted by Gasteiger charge is -2.11. The molecule has 2 aromatic rings. The predicted octanol–water partition coefficient (Wildman–Crippen LogP) is 4.51. The zero-order chi connectivity index (χ0) is 15.6. The Morgan fingerprint density at radius 3 is 2.57 bits per heavy atom. The Morgan fingerprint density at radius 1 is 1.24 bits per heavy atom. The molecule has 0 saturated heterocycles. The minimum Gasteiger partial charge on any atom is -0.339 e. The summed E-state index contributed by atoms with van der Waals surface area (Å²) >= 11 is 5.54. The summed E-state index contributed by atoms with van der Waals surface area (Å²) in [6.45, 7) is 0. The van der Waals surface area contributed by atoms with Crippen LogP contribution >= 0.6 is 11.6 Å². The number of aromatic nitrogens is 1. The fourth-order valence-electron chi connectivity index (χ4n) is 1.60. The summed E-state index contributed by atoms with van der Waals surface area (Å²) in [6.07, 6.45) is -4.59. The van der Waals surface area contributed by atoms with Gasteiger partial charge in [-0.25, -0.2) is 9.37 Å². The number of alkyl halides is 3. The van der Waals surface area contributed by atoms with Crippen molar-refractivity contribution in [2.75, 3.05) is 5.32 Å². The van der Waals surface area contributed by atoms with Gasteiger partial charge in [0.2, 0.25) is 0 Å². The molecule has 1 aromatic heterocycles. The van der Waals surface area contributed by atoms with Crippen LogP contribution in [-0.4, -0.2) is 4.98 Å². The lowest BCUT2D eigenvalue weighted by atomic mass is 10.2. The number of nitriles is 1. The normalized spacial score (nSPS) is 11.0. The Kier molecular flexibility index (Phi) is 4.00. The summed E-state index contributed by atoms with van der Waals surface area (Å²) in [5.74, 6) is -1.03. The third-order valence-corrected chi connectivity index (χ3v) is 2.70. The second-order valence-electron chi connectivity index (χ2n) is 3.96. The molecule has 0 aliphatic heterocycles. The molecule has 0 spiro atoms. The van der Waals surface area contributed by atoms with E-state index in [0.717, 1.165) is 12.1 Å². The van der Waals surface area contributed by atoms with Crippen LogP contribution in [0.1, 0.15) is 11.1 Å². The van der Waals surface area contributed by atoms with Crippen molar-refractivity contribution in [3.63, 3.8) is 0 Å². The van der Waals surface area contributed by atoms with E-state index in [2.05, 4.69) is 10.3 Å². The van der Waals surface area contributed by atoms with Gasteiger partial charge in [0.1, 0.15) is 28.4 Å². The van der Waals surface area contributed by atoms with E-state index >= 15 is 0 Å². The van der Waals surface area contributed by atoms with Crippen LogP contribution in [0.2, 0.25) is 5.15 Å². The number of pyridine rings is 1. The zero-order valence-electron chi connectivity index (χ0n) is 10.2. The van der Waals surface area contributed by atoms with Crippen LogP contribution < -0.4 is 5.32 Å². The van der Waals surface area contributed by atoms with Crippen LogP contribution in [0, 0.1) is 17.1 Å². The molecular weight excluding hydrogens is 310 g/mol. The summed E-state index contributed by atoms with van der Waals surface area (Å²) < 4.78 is 51.4. The largest absolute Gasteiger partial charge is 0.416 e. The second kappa shape index (κ2) is 5.58. The van der Waals surface area contributed by atoms with Crippen LogP contribution in [0.15, 0.2) is 30.3 Å². The number of rotatable bonds is 2. The first-order valence-electron chi connectivity index (χ1n) is 5.51. The Bertz CT molecular complexity index is 722. The van der Waals surface area contributed by atoms with E-state index in [0.29, 0.717) is 6.07 Å². The third-order valence-electron chi connectivity index (χ3n) is 2.51. The molecule has 0 aliphatic rings. The van der Waals surface area contributed by atoms with Crippen molar-refractivity contribution in [1.29, 1.82) is 5.26 Å². The maximum Gasteiger partial charge on any atom is 0.416 e. The molecule has 8 heteroatoms. The molecule has 21 heavy (non-hydrogen) atoms. The third kappa shape index (κ3) is 3.41. The van der Waals surface area contributed by atoms with Crippen molar-refractivity contribution in [1.82, 2.24) is 4.98 Å². The fourth-order valence-corrected chi connectivity index (χ4v) is 1.81. The topological polar surface area (TPSA) is 48.7 Å². The van der Waals surface area contributed by atoms with Crippen molar-refractivity contribution < 1.29 is 17.6 Å². The number of nitrogens with zero attached hydrogens (tertiary/aromatic N) is 2. The van der Waals surface area contributed by atoms with Gasteiger partial charge in [-0.1, -0.05) is 17.7 Å². The number of nitrogens with one attached hydrogen (secondary N) is 1. The summed E-state index contributed by atoms with van der Waals surface area (Å²) in [6, 6.07) is 6.74. The van der Waals surface area contributed by atoms with E-state index in [4.69, 9.17) is 16.9 Å². The van der Waals surface area contributed by atoms with E-state index in [1.807, 2.05) is 0 Å². The minimum absolute atomic E-state index is 0.000362. The molecule has 108 valence electrons. The summed E-state index contributed by atoms with van der Waals surface area (Å²) in [7, 11) is 0. The van der Waals surface area contributed by atoms with Gasteiger partial charge in [-0.2, -0.15) is 18.4 Å². The van der Waals surface area contributed by atoms with Gasteiger partial charge in [0, 0.05) is 0 Å². The molecular formula is C13H6ClF4N3. The van der Waals surface area contributed by atoms with Gasteiger partial charge in [0.15, 0.2) is 0 Å². The van der Waals surface area contributed by atoms with Gasteiger partial charge in [-0.05, 0) is 24.3 Å². The smallest absolute Gasteiger partial charge is 0.339 e. The maximum absolute atomic E-state index is 13.4. The van der Waals surface area contributed by atoms with Gasteiger partial charge < -0.3 is 5.32 Å². The average Bonchev–Trinajstić information content (AvgIpc) is 2.37. The standard InChI is InChI=1S/C13H6ClF4N3/c14-11-4-7(13(16,17)18)5-12(21-11)20-10-3-1-2-9(15)8(10)6-19/h1-5H,(H,20,21). The van der Waals surface area contributed by atoms with Crippen molar-refractivity contribution in [3.8, 4) is 6.07 Å². The minimum atomic E-state index is -4.59. The van der Waals surface area contributed by atoms with Crippen LogP contribution in [-0.2, 0) is 6.18 Å².